The van der Waals surface area contributed by atoms with Gasteiger partial charge in [-0.1, -0.05) is 20.8 Å². The number of carbonyl (C=O) groups excluding carboxylic acids is 1. The first-order valence-corrected chi connectivity index (χ1v) is 10.1. The highest BCUT2D eigenvalue weighted by molar-refractivity contribution is 5.81. The van der Waals surface area contributed by atoms with E-state index in [1.165, 1.54) is 4.90 Å². The summed E-state index contributed by atoms with van der Waals surface area (Å²) in [6.45, 7) is 10.2. The lowest BCUT2D eigenvalue weighted by atomic mass is 9.93. The Bertz CT molecular complexity index is 495. The number of piperidine rings is 1. The fraction of sp³-hybridized carbons (Fsp3) is 0.895. The Hall–Kier alpha value is -1.51. The molecule has 0 spiro atoms. The summed E-state index contributed by atoms with van der Waals surface area (Å²) in [4.78, 5) is 17.9. The van der Waals surface area contributed by atoms with Gasteiger partial charge in [0, 0.05) is 31.6 Å². The second kappa shape index (κ2) is 11.5. The van der Waals surface area contributed by atoms with Crippen LogP contribution in [-0.4, -0.2) is 68.8 Å². The Labute approximate surface area is 166 Å². The molecule has 6 nitrogen and oxygen atoms in total. The van der Waals surface area contributed by atoms with E-state index in [4.69, 9.17) is 0 Å². The molecular weight excluding hydrogens is 371 g/mol. The van der Waals surface area contributed by atoms with Gasteiger partial charge in [-0.3, -0.25) is 14.7 Å². The van der Waals surface area contributed by atoms with Gasteiger partial charge in [-0.25, -0.2) is 0 Å². The number of nitrogens with one attached hydrogen (secondary N) is 3. The standard InChI is InChI=1S/C19H36F3N5O/c1-5-23-17(26-11-10-24-16(28)18(2,3)4)25-9-6-15-7-12-27(13-8-15)14-19(20,21)22/h15H,5-14H2,1-4H3,(H,24,28)(H2,23,25,26). The maximum Gasteiger partial charge on any atom is 0.401 e. The van der Waals surface area contributed by atoms with E-state index in [1.807, 2.05) is 27.7 Å². The molecule has 0 saturated carbocycles. The van der Waals surface area contributed by atoms with Gasteiger partial charge >= 0.3 is 6.18 Å². The highest BCUT2D eigenvalue weighted by Crippen LogP contribution is 2.24. The molecule has 9 heteroatoms. The van der Waals surface area contributed by atoms with E-state index in [0.29, 0.717) is 44.6 Å². The van der Waals surface area contributed by atoms with E-state index < -0.39 is 18.1 Å². The van der Waals surface area contributed by atoms with Crippen LogP contribution < -0.4 is 16.0 Å². The molecular formula is C19H36F3N5O. The van der Waals surface area contributed by atoms with Crippen molar-refractivity contribution < 1.29 is 18.0 Å². The highest BCUT2D eigenvalue weighted by atomic mass is 19.4. The molecule has 1 fully saturated rings. The molecule has 1 amide bonds. The number of aliphatic imine (C=N–C) groups is 1. The monoisotopic (exact) mass is 407 g/mol. The average Bonchev–Trinajstić information content (AvgIpc) is 2.57. The van der Waals surface area contributed by atoms with Crippen LogP contribution in [0.4, 0.5) is 13.2 Å². The van der Waals surface area contributed by atoms with Gasteiger partial charge in [0.15, 0.2) is 5.96 Å². The van der Waals surface area contributed by atoms with Gasteiger partial charge < -0.3 is 16.0 Å². The molecule has 0 atom stereocenters. The van der Waals surface area contributed by atoms with Crippen LogP contribution in [0, 0.1) is 11.3 Å². The van der Waals surface area contributed by atoms with Crippen molar-refractivity contribution in [1.82, 2.24) is 20.9 Å². The average molecular weight is 408 g/mol. The van der Waals surface area contributed by atoms with Crippen molar-refractivity contribution in [2.24, 2.45) is 16.3 Å². The number of carbonyl (C=O) groups is 1. The Kier molecular flexibility index (Phi) is 10.1. The molecule has 0 aromatic rings. The van der Waals surface area contributed by atoms with Crippen LogP contribution in [0.15, 0.2) is 4.99 Å². The number of likely N-dealkylation sites (tertiary alicyclic amines) is 1. The summed E-state index contributed by atoms with van der Waals surface area (Å²) in [5.74, 6) is 1.12. The number of hydrogen-bond acceptors (Lipinski definition) is 3. The first kappa shape index (κ1) is 24.5. The van der Waals surface area contributed by atoms with Gasteiger partial charge in [0.05, 0.1) is 6.54 Å². The molecule has 1 rings (SSSR count). The van der Waals surface area contributed by atoms with E-state index in [1.54, 1.807) is 0 Å². The molecule has 0 aromatic carbocycles. The molecule has 3 N–H and O–H groups in total. The van der Waals surface area contributed by atoms with Gasteiger partial charge in [-0.2, -0.15) is 13.2 Å². The van der Waals surface area contributed by atoms with Gasteiger partial charge in [-0.05, 0) is 45.2 Å². The lowest BCUT2D eigenvalue weighted by molar-refractivity contribution is -0.148. The lowest BCUT2D eigenvalue weighted by Crippen LogP contribution is -2.43. The van der Waals surface area contributed by atoms with Crippen LogP contribution in [0.2, 0.25) is 0 Å². The van der Waals surface area contributed by atoms with Crippen molar-refractivity contribution in [2.45, 2.75) is 53.1 Å². The van der Waals surface area contributed by atoms with Crippen molar-refractivity contribution in [3.05, 3.63) is 0 Å². The van der Waals surface area contributed by atoms with E-state index in [2.05, 4.69) is 20.9 Å². The molecule has 0 bridgehead atoms. The van der Waals surface area contributed by atoms with E-state index in [0.717, 1.165) is 25.8 Å². The Morgan fingerprint density at radius 1 is 1.07 bits per heavy atom. The lowest BCUT2D eigenvalue weighted by Gasteiger charge is -2.32. The highest BCUT2D eigenvalue weighted by Gasteiger charge is 2.32. The minimum absolute atomic E-state index is 0.00750. The van der Waals surface area contributed by atoms with Crippen LogP contribution in [0.1, 0.15) is 47.0 Å². The minimum atomic E-state index is -4.12. The zero-order valence-electron chi connectivity index (χ0n) is 17.6. The van der Waals surface area contributed by atoms with Crippen molar-refractivity contribution in [1.29, 1.82) is 0 Å². The zero-order chi connectivity index (χ0) is 21.2. The van der Waals surface area contributed by atoms with E-state index >= 15 is 0 Å². The van der Waals surface area contributed by atoms with Crippen molar-refractivity contribution in [3.8, 4) is 0 Å². The molecule has 0 unspecified atom stereocenters. The van der Waals surface area contributed by atoms with Gasteiger partial charge in [0.25, 0.3) is 0 Å². The number of amides is 1. The third kappa shape index (κ3) is 10.7. The molecule has 1 aliphatic rings. The summed E-state index contributed by atoms with van der Waals surface area (Å²) in [6, 6.07) is 0. The van der Waals surface area contributed by atoms with Crippen LogP contribution >= 0.6 is 0 Å². The van der Waals surface area contributed by atoms with E-state index in [9.17, 15) is 18.0 Å². The third-order valence-electron chi connectivity index (χ3n) is 4.65. The molecule has 1 aliphatic heterocycles. The molecule has 164 valence electrons. The number of alkyl halides is 3. The van der Waals surface area contributed by atoms with Crippen LogP contribution in [0.5, 0.6) is 0 Å². The predicted molar refractivity (Wildman–Crippen MR) is 106 cm³/mol. The normalized spacial score (nSPS) is 17.5. The van der Waals surface area contributed by atoms with Crippen molar-refractivity contribution >= 4 is 11.9 Å². The number of nitrogens with zero attached hydrogens (tertiary/aromatic N) is 2. The molecule has 1 heterocycles. The number of hydrogen-bond donors (Lipinski definition) is 3. The van der Waals surface area contributed by atoms with Crippen LogP contribution in [0.25, 0.3) is 0 Å². The van der Waals surface area contributed by atoms with Crippen molar-refractivity contribution in [2.75, 3.05) is 45.8 Å². The molecule has 0 radical (unpaired) electrons. The first-order chi connectivity index (χ1) is 13.0. The van der Waals surface area contributed by atoms with Crippen molar-refractivity contribution in [3.63, 3.8) is 0 Å². The SMILES string of the molecule is CCNC(=NCCC1CCN(CC(F)(F)F)CC1)NCCNC(=O)C(C)(C)C. The fourth-order valence-electron chi connectivity index (χ4n) is 3.01. The van der Waals surface area contributed by atoms with Gasteiger partial charge in [0.2, 0.25) is 5.91 Å². The minimum Gasteiger partial charge on any atom is -0.357 e. The fourth-order valence-corrected chi connectivity index (χ4v) is 3.01. The molecule has 1 saturated heterocycles. The number of guanidine groups is 1. The summed E-state index contributed by atoms with van der Waals surface area (Å²) >= 11 is 0. The smallest absolute Gasteiger partial charge is 0.357 e. The Morgan fingerprint density at radius 3 is 2.21 bits per heavy atom. The third-order valence-corrected chi connectivity index (χ3v) is 4.65. The number of rotatable bonds is 8. The van der Waals surface area contributed by atoms with E-state index in [-0.39, 0.29) is 5.91 Å². The Morgan fingerprint density at radius 2 is 1.68 bits per heavy atom. The van der Waals surface area contributed by atoms with Gasteiger partial charge in [-0.15, -0.1) is 0 Å². The van der Waals surface area contributed by atoms with Gasteiger partial charge in [0.1, 0.15) is 0 Å². The summed E-state index contributed by atoms with van der Waals surface area (Å²) in [5, 5.41) is 9.23. The van der Waals surface area contributed by atoms with Crippen LogP contribution in [0.3, 0.4) is 0 Å². The largest absolute Gasteiger partial charge is 0.401 e. The van der Waals surface area contributed by atoms with Crippen LogP contribution in [-0.2, 0) is 4.79 Å². The zero-order valence-corrected chi connectivity index (χ0v) is 17.6. The first-order valence-electron chi connectivity index (χ1n) is 10.1. The molecule has 28 heavy (non-hydrogen) atoms. The molecule has 0 aliphatic carbocycles. The maximum atomic E-state index is 12.4. The quantitative estimate of drug-likeness (QED) is 0.328. The summed E-state index contributed by atoms with van der Waals surface area (Å²) in [7, 11) is 0. The summed E-state index contributed by atoms with van der Waals surface area (Å²) in [5.41, 5.74) is -0.408. The predicted octanol–water partition coefficient (Wildman–Crippen LogP) is 2.37. The molecule has 0 aromatic heterocycles. The topological polar surface area (TPSA) is 68.8 Å². The number of halogens is 3. The summed E-state index contributed by atoms with van der Waals surface area (Å²) in [6.07, 6.45) is -1.67. The summed E-state index contributed by atoms with van der Waals surface area (Å²) < 4.78 is 37.3. The Balaban J connectivity index is 2.28. The maximum absolute atomic E-state index is 12.4. The second-order valence-electron chi connectivity index (χ2n) is 8.32. The second-order valence-corrected chi connectivity index (χ2v) is 8.32.